The van der Waals surface area contributed by atoms with Gasteiger partial charge in [0.2, 0.25) is 0 Å². The maximum atomic E-state index is 10.0. The number of benzene rings is 1. The molecule has 1 aromatic heterocycles. The van der Waals surface area contributed by atoms with Crippen molar-refractivity contribution in [2.75, 3.05) is 0 Å². The highest BCUT2D eigenvalue weighted by molar-refractivity contribution is 5.33. The van der Waals surface area contributed by atoms with Gasteiger partial charge in [-0.1, -0.05) is 24.3 Å². The van der Waals surface area contributed by atoms with Crippen LogP contribution in [0.15, 0.2) is 42.7 Å². The zero-order chi connectivity index (χ0) is 9.97. The SMILES string of the molecule is Cc1ccccc1C(O)c1cc[nH]c1. The van der Waals surface area contributed by atoms with Crippen LogP contribution < -0.4 is 0 Å². The van der Waals surface area contributed by atoms with Crippen molar-refractivity contribution in [3.63, 3.8) is 0 Å². The van der Waals surface area contributed by atoms with Crippen LogP contribution in [0.5, 0.6) is 0 Å². The van der Waals surface area contributed by atoms with Crippen LogP contribution in [0.4, 0.5) is 0 Å². The molecule has 0 amide bonds. The maximum absolute atomic E-state index is 10.0. The monoisotopic (exact) mass is 187 g/mol. The van der Waals surface area contributed by atoms with Crippen LogP contribution in [0.25, 0.3) is 0 Å². The Hall–Kier alpha value is -1.54. The molecule has 1 heterocycles. The average molecular weight is 187 g/mol. The molecular weight excluding hydrogens is 174 g/mol. The molecule has 72 valence electrons. The number of H-pyrrole nitrogens is 1. The summed E-state index contributed by atoms with van der Waals surface area (Å²) in [6.45, 7) is 2.01. The fourth-order valence-electron chi connectivity index (χ4n) is 1.58. The molecule has 2 rings (SSSR count). The van der Waals surface area contributed by atoms with Crippen LogP contribution in [0.3, 0.4) is 0 Å². The van der Waals surface area contributed by atoms with Crippen molar-refractivity contribution in [3.05, 3.63) is 59.4 Å². The highest BCUT2D eigenvalue weighted by Crippen LogP contribution is 2.23. The number of hydrogen-bond donors (Lipinski definition) is 2. The van der Waals surface area contributed by atoms with Crippen LogP contribution >= 0.6 is 0 Å². The molecule has 0 saturated carbocycles. The van der Waals surface area contributed by atoms with E-state index in [1.807, 2.05) is 49.6 Å². The topological polar surface area (TPSA) is 36.0 Å². The molecule has 0 spiro atoms. The lowest BCUT2D eigenvalue weighted by molar-refractivity contribution is 0.219. The van der Waals surface area contributed by atoms with Crippen molar-refractivity contribution < 1.29 is 5.11 Å². The summed E-state index contributed by atoms with van der Waals surface area (Å²) < 4.78 is 0. The lowest BCUT2D eigenvalue weighted by atomic mass is 10.00. The predicted octanol–water partition coefficient (Wildman–Crippen LogP) is 2.40. The van der Waals surface area contributed by atoms with Gasteiger partial charge in [-0.2, -0.15) is 0 Å². The van der Waals surface area contributed by atoms with Crippen LogP contribution in [0.1, 0.15) is 22.8 Å². The molecule has 2 N–H and O–H groups in total. The normalized spacial score (nSPS) is 12.7. The smallest absolute Gasteiger partial charge is 0.106 e. The Labute approximate surface area is 83.2 Å². The number of aromatic nitrogens is 1. The van der Waals surface area contributed by atoms with Crippen molar-refractivity contribution in [2.24, 2.45) is 0 Å². The molecule has 1 aromatic carbocycles. The standard InChI is InChI=1S/C12H13NO/c1-9-4-2-3-5-11(9)12(14)10-6-7-13-8-10/h2-8,12-14H,1H3. The summed E-state index contributed by atoms with van der Waals surface area (Å²) >= 11 is 0. The van der Waals surface area contributed by atoms with Gasteiger partial charge in [0.05, 0.1) is 0 Å². The lowest BCUT2D eigenvalue weighted by Crippen LogP contribution is -2.00. The number of aryl methyl sites for hydroxylation is 1. The van der Waals surface area contributed by atoms with E-state index in [1.54, 1.807) is 0 Å². The Morgan fingerprint density at radius 3 is 2.64 bits per heavy atom. The first-order valence-electron chi connectivity index (χ1n) is 4.65. The number of rotatable bonds is 2. The third-order valence-corrected chi connectivity index (χ3v) is 2.42. The van der Waals surface area contributed by atoms with Gasteiger partial charge in [0.15, 0.2) is 0 Å². The van der Waals surface area contributed by atoms with E-state index in [1.165, 1.54) is 0 Å². The molecule has 0 aliphatic heterocycles. The molecule has 2 heteroatoms. The molecule has 14 heavy (non-hydrogen) atoms. The predicted molar refractivity (Wildman–Crippen MR) is 56.0 cm³/mol. The number of nitrogens with one attached hydrogen (secondary N) is 1. The molecule has 2 nitrogen and oxygen atoms in total. The van der Waals surface area contributed by atoms with Gasteiger partial charge in [0, 0.05) is 18.0 Å². The highest BCUT2D eigenvalue weighted by atomic mass is 16.3. The second-order valence-electron chi connectivity index (χ2n) is 3.40. The number of hydrogen-bond acceptors (Lipinski definition) is 1. The molecule has 0 fully saturated rings. The Morgan fingerprint density at radius 1 is 1.21 bits per heavy atom. The molecule has 0 saturated heterocycles. The first kappa shape index (κ1) is 9.03. The maximum Gasteiger partial charge on any atom is 0.106 e. The van der Waals surface area contributed by atoms with Gasteiger partial charge < -0.3 is 10.1 Å². The van der Waals surface area contributed by atoms with Crippen LogP contribution in [-0.4, -0.2) is 10.1 Å². The summed E-state index contributed by atoms with van der Waals surface area (Å²) in [5.41, 5.74) is 2.98. The van der Waals surface area contributed by atoms with Crippen molar-refractivity contribution in [1.29, 1.82) is 0 Å². The molecule has 0 radical (unpaired) electrons. The Kier molecular flexibility index (Phi) is 2.37. The second-order valence-corrected chi connectivity index (χ2v) is 3.40. The van der Waals surface area contributed by atoms with Crippen LogP contribution in [0, 0.1) is 6.92 Å². The molecule has 0 bridgehead atoms. The summed E-state index contributed by atoms with van der Waals surface area (Å²) in [7, 11) is 0. The van der Waals surface area contributed by atoms with Gasteiger partial charge in [-0.25, -0.2) is 0 Å². The molecule has 0 aliphatic carbocycles. The lowest BCUT2D eigenvalue weighted by Gasteiger charge is -2.11. The fraction of sp³-hybridized carbons (Fsp3) is 0.167. The first-order valence-corrected chi connectivity index (χ1v) is 4.65. The Morgan fingerprint density at radius 2 is 2.00 bits per heavy atom. The zero-order valence-corrected chi connectivity index (χ0v) is 8.07. The molecule has 1 unspecified atom stereocenters. The minimum Gasteiger partial charge on any atom is -0.384 e. The first-order chi connectivity index (χ1) is 6.79. The van der Waals surface area contributed by atoms with Crippen molar-refractivity contribution in [3.8, 4) is 0 Å². The largest absolute Gasteiger partial charge is 0.384 e. The third-order valence-electron chi connectivity index (χ3n) is 2.42. The summed E-state index contributed by atoms with van der Waals surface area (Å²) in [4.78, 5) is 2.94. The van der Waals surface area contributed by atoms with E-state index >= 15 is 0 Å². The quantitative estimate of drug-likeness (QED) is 0.744. The van der Waals surface area contributed by atoms with Crippen LogP contribution in [-0.2, 0) is 0 Å². The van der Waals surface area contributed by atoms with Crippen molar-refractivity contribution in [1.82, 2.24) is 4.98 Å². The molecular formula is C12H13NO. The van der Waals surface area contributed by atoms with E-state index in [-0.39, 0.29) is 0 Å². The molecule has 0 aliphatic rings. The summed E-state index contributed by atoms with van der Waals surface area (Å²) in [6, 6.07) is 9.76. The van der Waals surface area contributed by atoms with Gasteiger partial charge in [0.1, 0.15) is 6.10 Å². The van der Waals surface area contributed by atoms with Crippen LogP contribution in [0.2, 0.25) is 0 Å². The number of aromatic amines is 1. The van der Waals surface area contributed by atoms with Gasteiger partial charge in [-0.15, -0.1) is 0 Å². The van der Waals surface area contributed by atoms with Crippen molar-refractivity contribution >= 4 is 0 Å². The molecule has 2 aromatic rings. The average Bonchev–Trinajstić information content (AvgIpc) is 2.70. The fourth-order valence-corrected chi connectivity index (χ4v) is 1.58. The van der Waals surface area contributed by atoms with Gasteiger partial charge in [0.25, 0.3) is 0 Å². The van der Waals surface area contributed by atoms with E-state index < -0.39 is 6.10 Å². The molecule has 1 atom stereocenters. The minimum atomic E-state index is -0.526. The Balaban J connectivity index is 2.37. The Bertz CT molecular complexity index is 406. The number of aliphatic hydroxyl groups excluding tert-OH is 1. The highest BCUT2D eigenvalue weighted by Gasteiger charge is 2.11. The van der Waals surface area contributed by atoms with E-state index in [9.17, 15) is 5.11 Å². The van der Waals surface area contributed by atoms with E-state index in [2.05, 4.69) is 4.98 Å². The van der Waals surface area contributed by atoms with Crippen molar-refractivity contribution in [2.45, 2.75) is 13.0 Å². The minimum absolute atomic E-state index is 0.526. The summed E-state index contributed by atoms with van der Waals surface area (Å²) in [5, 5.41) is 10.0. The van der Waals surface area contributed by atoms with E-state index in [0.29, 0.717) is 0 Å². The summed E-state index contributed by atoms with van der Waals surface area (Å²) in [6.07, 6.45) is 3.11. The van der Waals surface area contributed by atoms with Gasteiger partial charge in [-0.3, -0.25) is 0 Å². The second kappa shape index (κ2) is 3.68. The van der Waals surface area contributed by atoms with E-state index in [0.717, 1.165) is 16.7 Å². The van der Waals surface area contributed by atoms with Gasteiger partial charge in [-0.05, 0) is 24.1 Å². The van der Waals surface area contributed by atoms with E-state index in [4.69, 9.17) is 0 Å². The number of aliphatic hydroxyl groups is 1. The summed E-state index contributed by atoms with van der Waals surface area (Å²) in [5.74, 6) is 0. The zero-order valence-electron chi connectivity index (χ0n) is 8.07. The third kappa shape index (κ3) is 1.56. The van der Waals surface area contributed by atoms with Gasteiger partial charge >= 0.3 is 0 Å².